The van der Waals surface area contributed by atoms with Crippen LogP contribution in [0.2, 0.25) is 0 Å². The lowest BCUT2D eigenvalue weighted by Gasteiger charge is -2.36. The molecule has 0 aliphatic carbocycles. The van der Waals surface area contributed by atoms with Crippen LogP contribution in [0, 0.1) is 11.8 Å². The second-order valence-electron chi connectivity index (χ2n) is 8.13. The Morgan fingerprint density at radius 3 is 2.29 bits per heavy atom. The normalized spacial score (nSPS) is 15.5. The monoisotopic (exact) mass is 433 g/mol. The summed E-state index contributed by atoms with van der Waals surface area (Å²) in [6.07, 6.45) is 2.03. The van der Waals surface area contributed by atoms with E-state index in [1.807, 2.05) is 18.7 Å². The van der Waals surface area contributed by atoms with Gasteiger partial charge in [0.05, 0.1) is 7.11 Å². The third-order valence-corrected chi connectivity index (χ3v) is 5.56. The molecular weight excluding hydrogens is 398 g/mol. The Bertz CT molecular complexity index is 727. The van der Waals surface area contributed by atoms with E-state index in [1.54, 1.807) is 38.5 Å². The fourth-order valence-electron chi connectivity index (χ4n) is 3.72. The molecule has 1 fully saturated rings. The van der Waals surface area contributed by atoms with Gasteiger partial charge in [0.25, 0.3) is 5.91 Å². The summed E-state index contributed by atoms with van der Waals surface area (Å²) < 4.78 is 10.2. The second kappa shape index (κ2) is 12.3. The number of nitrogens with zero attached hydrogens (tertiary/aromatic N) is 1. The van der Waals surface area contributed by atoms with Crippen LogP contribution in [0.5, 0.6) is 5.75 Å². The molecule has 31 heavy (non-hydrogen) atoms. The smallest absolute Gasteiger partial charge is 0.251 e. The summed E-state index contributed by atoms with van der Waals surface area (Å²) in [7, 11) is 3.18. The zero-order valence-corrected chi connectivity index (χ0v) is 19.0. The van der Waals surface area contributed by atoms with E-state index in [2.05, 4.69) is 10.6 Å². The molecule has 1 aromatic carbocycles. The highest BCUT2D eigenvalue weighted by Gasteiger charge is 2.34. The SMILES string of the molecule is COCCCNC(=O)[C@@H](NC(=O)c1ccc(OC)cc1)C1CCN(C(=O)C(C)C)CC1. The molecule has 1 aliphatic heterocycles. The van der Waals surface area contributed by atoms with Crippen molar-refractivity contribution in [1.82, 2.24) is 15.5 Å². The molecule has 0 aromatic heterocycles. The molecule has 2 rings (SSSR count). The van der Waals surface area contributed by atoms with Crippen LogP contribution in [0.1, 0.15) is 43.5 Å². The zero-order valence-electron chi connectivity index (χ0n) is 19.0. The molecule has 8 nitrogen and oxygen atoms in total. The van der Waals surface area contributed by atoms with E-state index in [4.69, 9.17) is 9.47 Å². The molecule has 1 atom stereocenters. The van der Waals surface area contributed by atoms with Gasteiger partial charge in [-0.05, 0) is 49.4 Å². The number of methoxy groups -OCH3 is 2. The van der Waals surface area contributed by atoms with Crippen molar-refractivity contribution in [3.8, 4) is 5.75 Å². The molecule has 8 heteroatoms. The zero-order chi connectivity index (χ0) is 22.8. The van der Waals surface area contributed by atoms with Crippen LogP contribution in [0.15, 0.2) is 24.3 Å². The molecule has 0 saturated carbocycles. The van der Waals surface area contributed by atoms with Crippen molar-refractivity contribution in [1.29, 1.82) is 0 Å². The highest BCUT2D eigenvalue weighted by Crippen LogP contribution is 2.23. The van der Waals surface area contributed by atoms with Gasteiger partial charge in [-0.25, -0.2) is 0 Å². The van der Waals surface area contributed by atoms with Gasteiger partial charge in [0.1, 0.15) is 11.8 Å². The molecule has 1 saturated heterocycles. The van der Waals surface area contributed by atoms with Gasteiger partial charge in [0.15, 0.2) is 0 Å². The van der Waals surface area contributed by atoms with Crippen LogP contribution in [-0.2, 0) is 14.3 Å². The molecule has 0 bridgehead atoms. The van der Waals surface area contributed by atoms with E-state index in [-0.39, 0.29) is 29.6 Å². The van der Waals surface area contributed by atoms with Crippen LogP contribution in [-0.4, -0.2) is 69.1 Å². The third kappa shape index (κ3) is 7.24. The first-order chi connectivity index (χ1) is 14.9. The fraction of sp³-hybridized carbons (Fsp3) is 0.609. The summed E-state index contributed by atoms with van der Waals surface area (Å²) in [6, 6.07) is 6.11. The van der Waals surface area contributed by atoms with Gasteiger partial charge in [-0.1, -0.05) is 13.8 Å². The molecule has 1 aromatic rings. The van der Waals surface area contributed by atoms with Crippen molar-refractivity contribution in [3.63, 3.8) is 0 Å². The minimum atomic E-state index is -0.659. The predicted molar refractivity (Wildman–Crippen MR) is 118 cm³/mol. The van der Waals surface area contributed by atoms with Gasteiger partial charge >= 0.3 is 0 Å². The first-order valence-electron chi connectivity index (χ1n) is 10.9. The van der Waals surface area contributed by atoms with E-state index in [0.29, 0.717) is 56.8 Å². The Labute approximate surface area is 184 Å². The topological polar surface area (TPSA) is 97.0 Å². The van der Waals surface area contributed by atoms with Crippen molar-refractivity contribution in [2.24, 2.45) is 11.8 Å². The standard InChI is InChI=1S/C23H35N3O5/c1-16(2)23(29)26-13-10-17(11-14-26)20(22(28)24-12-5-15-30-3)25-21(27)18-6-8-19(31-4)9-7-18/h6-9,16-17,20H,5,10-15H2,1-4H3,(H,24,28)(H,25,27)/t20-/m0/s1. The fourth-order valence-corrected chi connectivity index (χ4v) is 3.72. The van der Waals surface area contributed by atoms with Crippen LogP contribution in [0.3, 0.4) is 0 Å². The minimum Gasteiger partial charge on any atom is -0.497 e. The Morgan fingerprint density at radius 1 is 1.10 bits per heavy atom. The average molecular weight is 434 g/mol. The van der Waals surface area contributed by atoms with Gasteiger partial charge in [-0.15, -0.1) is 0 Å². The van der Waals surface area contributed by atoms with E-state index in [0.717, 1.165) is 0 Å². The third-order valence-electron chi connectivity index (χ3n) is 5.56. The predicted octanol–water partition coefficient (Wildman–Crippen LogP) is 1.84. The summed E-state index contributed by atoms with van der Waals surface area (Å²) in [5, 5.41) is 5.83. The van der Waals surface area contributed by atoms with E-state index < -0.39 is 6.04 Å². The number of nitrogens with one attached hydrogen (secondary N) is 2. The molecule has 0 unspecified atom stereocenters. The number of carbonyl (C=O) groups excluding carboxylic acids is 3. The van der Waals surface area contributed by atoms with Gasteiger partial charge in [-0.3, -0.25) is 14.4 Å². The Kier molecular flexibility index (Phi) is 9.78. The number of likely N-dealkylation sites (tertiary alicyclic amines) is 1. The number of rotatable bonds is 10. The van der Waals surface area contributed by atoms with Gasteiger partial charge in [0.2, 0.25) is 11.8 Å². The van der Waals surface area contributed by atoms with Crippen molar-refractivity contribution >= 4 is 17.7 Å². The highest BCUT2D eigenvalue weighted by atomic mass is 16.5. The maximum absolute atomic E-state index is 12.9. The Hall–Kier alpha value is -2.61. The lowest BCUT2D eigenvalue weighted by Crippen LogP contribution is -2.54. The quantitative estimate of drug-likeness (QED) is 0.549. The molecule has 3 amide bonds. The molecule has 0 radical (unpaired) electrons. The molecule has 2 N–H and O–H groups in total. The van der Waals surface area contributed by atoms with Crippen molar-refractivity contribution < 1.29 is 23.9 Å². The van der Waals surface area contributed by atoms with Crippen LogP contribution in [0.25, 0.3) is 0 Å². The maximum Gasteiger partial charge on any atom is 0.251 e. The molecule has 0 spiro atoms. The van der Waals surface area contributed by atoms with Crippen LogP contribution >= 0.6 is 0 Å². The number of hydrogen-bond acceptors (Lipinski definition) is 5. The number of ether oxygens (including phenoxy) is 2. The minimum absolute atomic E-state index is 0.0409. The first-order valence-corrected chi connectivity index (χ1v) is 10.9. The summed E-state index contributed by atoms with van der Waals surface area (Å²) in [5.74, 6) is 0.187. The summed E-state index contributed by atoms with van der Waals surface area (Å²) >= 11 is 0. The van der Waals surface area contributed by atoms with Crippen LogP contribution in [0.4, 0.5) is 0 Å². The first kappa shape index (κ1) is 24.7. The van der Waals surface area contributed by atoms with Gasteiger partial charge in [-0.2, -0.15) is 0 Å². The van der Waals surface area contributed by atoms with E-state index in [1.165, 1.54) is 0 Å². The second-order valence-corrected chi connectivity index (χ2v) is 8.13. The van der Waals surface area contributed by atoms with E-state index >= 15 is 0 Å². The Balaban J connectivity index is 2.06. The largest absolute Gasteiger partial charge is 0.497 e. The van der Waals surface area contributed by atoms with E-state index in [9.17, 15) is 14.4 Å². The van der Waals surface area contributed by atoms with Crippen LogP contribution < -0.4 is 15.4 Å². The maximum atomic E-state index is 12.9. The van der Waals surface area contributed by atoms with Crippen molar-refractivity contribution in [2.45, 2.75) is 39.2 Å². The summed E-state index contributed by atoms with van der Waals surface area (Å²) in [5.41, 5.74) is 0.463. The van der Waals surface area contributed by atoms with Crippen molar-refractivity contribution in [2.75, 3.05) is 40.5 Å². The van der Waals surface area contributed by atoms with Gasteiger partial charge < -0.3 is 25.0 Å². The summed E-state index contributed by atoms with van der Waals surface area (Å²) in [4.78, 5) is 39.9. The van der Waals surface area contributed by atoms with Gasteiger partial charge in [0, 0.05) is 44.8 Å². The molecule has 1 aliphatic rings. The van der Waals surface area contributed by atoms with Crippen molar-refractivity contribution in [3.05, 3.63) is 29.8 Å². The summed E-state index contributed by atoms with van der Waals surface area (Å²) in [6.45, 7) is 5.99. The number of carbonyl (C=O) groups is 3. The highest BCUT2D eigenvalue weighted by molar-refractivity contribution is 5.97. The number of amides is 3. The molecular formula is C23H35N3O5. The number of piperidine rings is 1. The molecule has 172 valence electrons. The number of benzene rings is 1. The lowest BCUT2D eigenvalue weighted by molar-refractivity contribution is -0.136. The number of hydrogen-bond donors (Lipinski definition) is 2. The Morgan fingerprint density at radius 2 is 1.74 bits per heavy atom. The lowest BCUT2D eigenvalue weighted by atomic mass is 9.88. The molecule has 1 heterocycles. The average Bonchev–Trinajstić information content (AvgIpc) is 2.79.